The van der Waals surface area contributed by atoms with Gasteiger partial charge in [-0.1, -0.05) is 117 Å². The Kier molecular flexibility index (Phi) is 15.6. The molecule has 0 amide bonds. The first kappa shape index (κ1) is 24.2. The van der Waals surface area contributed by atoms with Crippen LogP contribution < -0.4 is 4.57 Å². The Balaban J connectivity index is 2.15. The van der Waals surface area contributed by atoms with Gasteiger partial charge in [-0.05, 0) is 12.8 Å². The van der Waals surface area contributed by atoms with E-state index in [9.17, 15) is 0 Å². The van der Waals surface area contributed by atoms with Gasteiger partial charge in [0.05, 0.1) is 13.0 Å². The van der Waals surface area contributed by atoms with Crippen LogP contribution in [-0.4, -0.2) is 4.98 Å². The summed E-state index contributed by atoms with van der Waals surface area (Å²) >= 11 is 0. The third-order valence-electron chi connectivity index (χ3n) is 6.11. The summed E-state index contributed by atoms with van der Waals surface area (Å²) in [7, 11) is 2.19. The van der Waals surface area contributed by atoms with E-state index in [0.29, 0.717) is 0 Å². The average molecular weight is 378 g/mol. The lowest BCUT2D eigenvalue weighted by Crippen LogP contribution is -2.32. The minimum atomic E-state index is 0.727. The molecule has 2 heteroatoms. The van der Waals surface area contributed by atoms with Crippen molar-refractivity contribution in [3.63, 3.8) is 0 Å². The van der Waals surface area contributed by atoms with Gasteiger partial charge >= 0.3 is 0 Å². The predicted octanol–water partition coefficient (Wildman–Crippen LogP) is 7.98. The highest BCUT2D eigenvalue weighted by atomic mass is 15.0. The van der Waals surface area contributed by atoms with Crippen LogP contribution in [0.25, 0.3) is 0 Å². The van der Waals surface area contributed by atoms with Gasteiger partial charge in [-0.25, -0.2) is 9.55 Å². The molecule has 0 aliphatic heterocycles. The van der Waals surface area contributed by atoms with Gasteiger partial charge in [0.15, 0.2) is 0 Å². The van der Waals surface area contributed by atoms with Gasteiger partial charge < -0.3 is 0 Å². The lowest BCUT2D eigenvalue weighted by Gasteiger charge is -2.13. The van der Waals surface area contributed by atoms with Crippen LogP contribution in [0.3, 0.4) is 0 Å². The molecule has 1 N–H and O–H groups in total. The Hall–Kier alpha value is -0.790. The molecular weight excluding hydrogens is 328 g/mol. The summed E-state index contributed by atoms with van der Waals surface area (Å²) in [5, 5.41) is 0. The van der Waals surface area contributed by atoms with Crippen LogP contribution in [0.5, 0.6) is 0 Å². The van der Waals surface area contributed by atoms with Gasteiger partial charge in [0.25, 0.3) is 5.82 Å². The van der Waals surface area contributed by atoms with Gasteiger partial charge in [0.1, 0.15) is 12.4 Å². The molecule has 0 spiro atoms. The topological polar surface area (TPSA) is 19.7 Å². The Morgan fingerprint density at radius 3 is 1.44 bits per heavy atom. The van der Waals surface area contributed by atoms with E-state index in [0.717, 1.165) is 5.92 Å². The fourth-order valence-electron chi connectivity index (χ4n) is 4.29. The quantitative estimate of drug-likeness (QED) is 0.186. The third kappa shape index (κ3) is 12.3. The smallest absolute Gasteiger partial charge is 0.247 e. The maximum Gasteiger partial charge on any atom is 0.257 e. The van der Waals surface area contributed by atoms with Gasteiger partial charge in [-0.2, -0.15) is 0 Å². The molecule has 0 fully saturated rings. The summed E-state index contributed by atoms with van der Waals surface area (Å²) in [6.07, 6.45) is 29.7. The van der Waals surface area contributed by atoms with E-state index < -0.39 is 0 Å². The Bertz CT molecular complexity index is 424. The molecule has 1 heterocycles. The molecule has 0 aliphatic rings. The zero-order chi connectivity index (χ0) is 19.6. The van der Waals surface area contributed by atoms with Crippen LogP contribution in [0.2, 0.25) is 0 Å². The van der Waals surface area contributed by atoms with Crippen molar-refractivity contribution < 1.29 is 4.57 Å². The first-order valence-corrected chi connectivity index (χ1v) is 12.3. The average Bonchev–Trinajstić information content (AvgIpc) is 3.10. The number of aromatic nitrogens is 2. The minimum Gasteiger partial charge on any atom is -0.247 e. The standard InChI is InChI=1S/C25H48N2/c1-4-6-8-10-12-13-14-15-17-19-21-24(25-26-22-23-27(25)3)20-18-16-11-9-7-5-2/h22-24H,4-21H2,1-3H3/p+1/t24-/m0/s1. The van der Waals surface area contributed by atoms with Gasteiger partial charge in [-0.15, -0.1) is 0 Å². The highest BCUT2D eigenvalue weighted by Crippen LogP contribution is 2.26. The van der Waals surface area contributed by atoms with E-state index in [1.165, 1.54) is 121 Å². The number of nitrogens with zero attached hydrogens (tertiary/aromatic N) is 1. The van der Waals surface area contributed by atoms with E-state index in [1.807, 2.05) is 0 Å². The molecule has 0 saturated heterocycles. The van der Waals surface area contributed by atoms with Crippen molar-refractivity contribution in [2.45, 2.75) is 135 Å². The van der Waals surface area contributed by atoms with E-state index in [2.05, 4.69) is 42.8 Å². The first-order chi connectivity index (χ1) is 13.3. The number of hydrogen-bond acceptors (Lipinski definition) is 0. The van der Waals surface area contributed by atoms with Gasteiger partial charge in [0, 0.05) is 0 Å². The summed E-state index contributed by atoms with van der Waals surface area (Å²) in [4.78, 5) is 3.52. The van der Waals surface area contributed by atoms with E-state index >= 15 is 0 Å². The second-order valence-electron chi connectivity index (χ2n) is 8.68. The van der Waals surface area contributed by atoms with Crippen molar-refractivity contribution in [2.24, 2.45) is 7.05 Å². The fraction of sp³-hybridized carbons (Fsp3) is 0.880. The predicted molar refractivity (Wildman–Crippen MR) is 119 cm³/mol. The number of H-pyrrole nitrogens is 1. The molecule has 27 heavy (non-hydrogen) atoms. The Morgan fingerprint density at radius 2 is 1.07 bits per heavy atom. The van der Waals surface area contributed by atoms with E-state index in [4.69, 9.17) is 0 Å². The molecule has 2 nitrogen and oxygen atoms in total. The molecule has 0 aromatic carbocycles. The zero-order valence-electron chi connectivity index (χ0n) is 18.9. The fourth-order valence-corrected chi connectivity index (χ4v) is 4.29. The van der Waals surface area contributed by atoms with Crippen LogP contribution in [0.1, 0.15) is 141 Å². The van der Waals surface area contributed by atoms with Crippen LogP contribution in [-0.2, 0) is 7.05 Å². The van der Waals surface area contributed by atoms with Crippen molar-refractivity contribution in [1.29, 1.82) is 0 Å². The first-order valence-electron chi connectivity index (χ1n) is 12.3. The number of nitrogens with one attached hydrogen (secondary N) is 1. The molecule has 0 radical (unpaired) electrons. The number of rotatable bonds is 19. The number of imidazole rings is 1. The van der Waals surface area contributed by atoms with Crippen LogP contribution in [0, 0.1) is 0 Å². The molecular formula is C25H49N2+. The summed E-state index contributed by atoms with van der Waals surface area (Å²) in [6.45, 7) is 4.60. The Labute approximate surface area is 170 Å². The summed E-state index contributed by atoms with van der Waals surface area (Å²) in [5.41, 5.74) is 0. The Morgan fingerprint density at radius 1 is 0.667 bits per heavy atom. The number of aryl methyl sites for hydroxylation is 1. The zero-order valence-corrected chi connectivity index (χ0v) is 18.9. The molecule has 158 valence electrons. The molecule has 1 atom stereocenters. The maximum atomic E-state index is 3.52. The number of hydrogen-bond donors (Lipinski definition) is 1. The molecule has 1 aromatic heterocycles. The van der Waals surface area contributed by atoms with Crippen molar-refractivity contribution in [3.8, 4) is 0 Å². The van der Waals surface area contributed by atoms with E-state index in [-0.39, 0.29) is 0 Å². The normalized spacial score (nSPS) is 12.6. The molecule has 1 aromatic rings. The van der Waals surface area contributed by atoms with Crippen molar-refractivity contribution >= 4 is 0 Å². The van der Waals surface area contributed by atoms with Crippen molar-refractivity contribution in [2.75, 3.05) is 0 Å². The number of unbranched alkanes of at least 4 members (excludes halogenated alkanes) is 14. The highest BCUT2D eigenvalue weighted by Gasteiger charge is 2.20. The highest BCUT2D eigenvalue weighted by molar-refractivity contribution is 4.89. The molecule has 0 unspecified atom stereocenters. The molecule has 0 saturated carbocycles. The lowest BCUT2D eigenvalue weighted by molar-refractivity contribution is -0.679. The van der Waals surface area contributed by atoms with Crippen LogP contribution >= 0.6 is 0 Å². The second kappa shape index (κ2) is 17.3. The van der Waals surface area contributed by atoms with E-state index in [1.54, 1.807) is 0 Å². The van der Waals surface area contributed by atoms with Gasteiger partial charge in [-0.3, -0.25) is 0 Å². The molecule has 1 rings (SSSR count). The van der Waals surface area contributed by atoms with Gasteiger partial charge in [0.2, 0.25) is 0 Å². The van der Waals surface area contributed by atoms with Crippen molar-refractivity contribution in [3.05, 3.63) is 18.2 Å². The lowest BCUT2D eigenvalue weighted by atomic mass is 9.93. The molecule has 0 aliphatic carbocycles. The second-order valence-corrected chi connectivity index (χ2v) is 8.68. The largest absolute Gasteiger partial charge is 0.257 e. The van der Waals surface area contributed by atoms with Crippen molar-refractivity contribution in [1.82, 2.24) is 4.98 Å². The van der Waals surface area contributed by atoms with Crippen LogP contribution in [0.4, 0.5) is 0 Å². The minimum absolute atomic E-state index is 0.727. The van der Waals surface area contributed by atoms with Crippen LogP contribution in [0.15, 0.2) is 12.4 Å². The maximum absolute atomic E-state index is 3.52. The summed E-state index contributed by atoms with van der Waals surface area (Å²) < 4.78 is 2.30. The monoisotopic (exact) mass is 377 g/mol. The molecule has 0 bridgehead atoms. The summed E-state index contributed by atoms with van der Waals surface area (Å²) in [6, 6.07) is 0. The summed E-state index contributed by atoms with van der Waals surface area (Å²) in [5.74, 6) is 2.17. The third-order valence-corrected chi connectivity index (χ3v) is 6.11. The SMILES string of the molecule is CCCCCCCCCCCC[C@H](CCCCCCCC)c1[nH]cc[n+]1C. The number of aromatic amines is 1.